The Morgan fingerprint density at radius 1 is 1.07 bits per heavy atom. The summed E-state index contributed by atoms with van der Waals surface area (Å²) in [5.74, 6) is 2.30. The van der Waals surface area contributed by atoms with Gasteiger partial charge in [0.05, 0.1) is 32.8 Å². The molecule has 1 heterocycles. The highest BCUT2D eigenvalue weighted by atomic mass is 16.5. The van der Waals surface area contributed by atoms with Gasteiger partial charge in [-0.05, 0) is 57.2 Å². The first-order valence-electron chi connectivity index (χ1n) is 11.0. The molecule has 2 aliphatic rings. The molecule has 1 atom stereocenters. The van der Waals surface area contributed by atoms with Crippen LogP contribution in [0.5, 0.6) is 17.2 Å². The van der Waals surface area contributed by atoms with Gasteiger partial charge in [0.15, 0.2) is 11.5 Å². The van der Waals surface area contributed by atoms with Crippen molar-refractivity contribution in [3.8, 4) is 17.2 Å². The molecule has 2 fully saturated rings. The van der Waals surface area contributed by atoms with E-state index in [0.29, 0.717) is 17.2 Å². The molecule has 1 aliphatic carbocycles. The van der Waals surface area contributed by atoms with Crippen molar-refractivity contribution in [2.45, 2.75) is 50.7 Å². The number of methoxy groups -OCH3 is 3. The molecule has 1 unspecified atom stereocenters. The first-order valence-corrected chi connectivity index (χ1v) is 11.0. The summed E-state index contributed by atoms with van der Waals surface area (Å²) in [7, 11) is 4.97. The highest BCUT2D eigenvalue weighted by molar-refractivity contribution is 5.79. The third-order valence-electron chi connectivity index (χ3n) is 6.17. The number of hydrogen-bond donors (Lipinski definition) is 1. The lowest BCUT2D eigenvalue weighted by molar-refractivity contribution is -0.127. The van der Waals surface area contributed by atoms with E-state index < -0.39 is 0 Å². The van der Waals surface area contributed by atoms with Crippen LogP contribution in [-0.2, 0) is 9.53 Å². The molecule has 0 bridgehead atoms. The van der Waals surface area contributed by atoms with Crippen LogP contribution in [0.1, 0.15) is 38.5 Å². The molecule has 30 heavy (non-hydrogen) atoms. The number of amides is 1. The standard InChI is InChI=1S/C23H36N2O5/c1-27-15-14-25-13-5-6-17(16-25)23(26)24-18-9-11-19(12-10-18)30-21-8-4-7-20(28-2)22(21)29-3/h4,7-8,17-19H,5-6,9-16H2,1-3H3,(H,24,26). The summed E-state index contributed by atoms with van der Waals surface area (Å²) in [5.41, 5.74) is 0. The first kappa shape index (κ1) is 22.7. The maximum atomic E-state index is 12.8. The van der Waals surface area contributed by atoms with Crippen LogP contribution in [0.25, 0.3) is 0 Å². The zero-order valence-corrected chi connectivity index (χ0v) is 18.5. The van der Waals surface area contributed by atoms with Crippen molar-refractivity contribution >= 4 is 5.91 Å². The van der Waals surface area contributed by atoms with Gasteiger partial charge in [-0.15, -0.1) is 0 Å². The van der Waals surface area contributed by atoms with E-state index in [4.69, 9.17) is 18.9 Å². The van der Waals surface area contributed by atoms with Gasteiger partial charge < -0.3 is 29.2 Å². The fraction of sp³-hybridized carbons (Fsp3) is 0.696. The molecule has 1 saturated heterocycles. The molecule has 1 aliphatic heterocycles. The summed E-state index contributed by atoms with van der Waals surface area (Å²) in [4.78, 5) is 15.1. The molecule has 168 valence electrons. The van der Waals surface area contributed by atoms with E-state index in [2.05, 4.69) is 10.2 Å². The maximum absolute atomic E-state index is 12.8. The smallest absolute Gasteiger partial charge is 0.224 e. The fourth-order valence-corrected chi connectivity index (χ4v) is 4.47. The highest BCUT2D eigenvalue weighted by Gasteiger charge is 2.29. The summed E-state index contributed by atoms with van der Waals surface area (Å²) in [6.45, 7) is 3.51. The van der Waals surface area contributed by atoms with Crippen molar-refractivity contribution in [3.05, 3.63) is 18.2 Å². The lowest BCUT2D eigenvalue weighted by atomic mass is 9.91. The van der Waals surface area contributed by atoms with Gasteiger partial charge in [0.25, 0.3) is 0 Å². The van der Waals surface area contributed by atoms with Gasteiger partial charge in [-0.25, -0.2) is 0 Å². The van der Waals surface area contributed by atoms with Crippen LogP contribution in [0.2, 0.25) is 0 Å². The number of para-hydroxylation sites is 1. The van der Waals surface area contributed by atoms with Crippen LogP contribution >= 0.6 is 0 Å². The summed E-state index contributed by atoms with van der Waals surface area (Å²) >= 11 is 0. The Morgan fingerprint density at radius 3 is 2.53 bits per heavy atom. The molecule has 0 aromatic heterocycles. The number of carbonyl (C=O) groups is 1. The highest BCUT2D eigenvalue weighted by Crippen LogP contribution is 2.38. The molecule has 1 aromatic carbocycles. The van der Waals surface area contributed by atoms with Gasteiger partial charge >= 0.3 is 0 Å². The third-order valence-corrected chi connectivity index (χ3v) is 6.17. The summed E-state index contributed by atoms with van der Waals surface area (Å²) in [6.07, 6.45) is 5.87. The average Bonchev–Trinajstić information content (AvgIpc) is 2.79. The number of nitrogens with one attached hydrogen (secondary N) is 1. The first-order chi connectivity index (χ1) is 14.6. The van der Waals surface area contributed by atoms with Crippen molar-refractivity contribution in [2.75, 3.05) is 47.6 Å². The zero-order chi connectivity index (χ0) is 21.3. The van der Waals surface area contributed by atoms with Crippen molar-refractivity contribution in [1.29, 1.82) is 0 Å². The summed E-state index contributed by atoms with van der Waals surface area (Å²) in [6, 6.07) is 5.91. The number of ether oxygens (including phenoxy) is 4. The quantitative estimate of drug-likeness (QED) is 0.663. The van der Waals surface area contributed by atoms with Crippen LogP contribution in [0.4, 0.5) is 0 Å². The maximum Gasteiger partial charge on any atom is 0.224 e. The molecule has 1 saturated carbocycles. The largest absolute Gasteiger partial charge is 0.493 e. The van der Waals surface area contributed by atoms with E-state index in [0.717, 1.165) is 64.8 Å². The summed E-state index contributed by atoms with van der Waals surface area (Å²) in [5, 5.41) is 3.29. The predicted octanol–water partition coefficient (Wildman–Crippen LogP) is 2.87. The Balaban J connectivity index is 1.45. The molecule has 1 aromatic rings. The molecular formula is C23H36N2O5. The minimum Gasteiger partial charge on any atom is -0.493 e. The second-order valence-electron chi connectivity index (χ2n) is 8.22. The number of benzene rings is 1. The van der Waals surface area contributed by atoms with E-state index in [1.54, 1.807) is 21.3 Å². The van der Waals surface area contributed by atoms with Crippen LogP contribution in [0.15, 0.2) is 18.2 Å². The molecular weight excluding hydrogens is 384 g/mol. The van der Waals surface area contributed by atoms with Gasteiger partial charge in [-0.1, -0.05) is 6.07 Å². The SMILES string of the molecule is COCCN1CCCC(C(=O)NC2CCC(Oc3cccc(OC)c3OC)CC2)C1. The van der Waals surface area contributed by atoms with Crippen LogP contribution in [0.3, 0.4) is 0 Å². The van der Waals surface area contributed by atoms with E-state index in [9.17, 15) is 4.79 Å². The fourth-order valence-electron chi connectivity index (χ4n) is 4.47. The van der Waals surface area contributed by atoms with E-state index in [1.807, 2.05) is 18.2 Å². The average molecular weight is 421 g/mol. The minimum absolute atomic E-state index is 0.0885. The van der Waals surface area contributed by atoms with Gasteiger partial charge in [0, 0.05) is 26.2 Å². The number of rotatable bonds is 9. The molecule has 0 spiro atoms. The molecule has 7 heteroatoms. The Kier molecular flexibility index (Phi) is 8.63. The number of hydrogen-bond acceptors (Lipinski definition) is 6. The van der Waals surface area contributed by atoms with Gasteiger partial charge in [-0.3, -0.25) is 4.79 Å². The van der Waals surface area contributed by atoms with Gasteiger partial charge in [-0.2, -0.15) is 0 Å². The Morgan fingerprint density at radius 2 is 1.83 bits per heavy atom. The Bertz CT molecular complexity index is 676. The number of carbonyl (C=O) groups excluding carboxylic acids is 1. The van der Waals surface area contributed by atoms with E-state index in [1.165, 1.54) is 0 Å². The Labute approximate surface area is 180 Å². The second-order valence-corrected chi connectivity index (χ2v) is 8.22. The molecule has 7 nitrogen and oxygen atoms in total. The second kappa shape index (κ2) is 11.4. The topological polar surface area (TPSA) is 69.3 Å². The molecule has 1 N–H and O–H groups in total. The van der Waals surface area contributed by atoms with Crippen molar-refractivity contribution in [1.82, 2.24) is 10.2 Å². The molecule has 1 amide bonds. The number of likely N-dealkylation sites (tertiary alicyclic amines) is 1. The van der Waals surface area contributed by atoms with Crippen molar-refractivity contribution in [3.63, 3.8) is 0 Å². The molecule has 3 rings (SSSR count). The lowest BCUT2D eigenvalue weighted by Gasteiger charge is -2.34. The number of piperidine rings is 1. The Hall–Kier alpha value is -1.99. The van der Waals surface area contributed by atoms with Crippen molar-refractivity contribution in [2.24, 2.45) is 5.92 Å². The van der Waals surface area contributed by atoms with Gasteiger partial charge in [0.2, 0.25) is 11.7 Å². The normalized spacial score (nSPS) is 24.8. The third kappa shape index (κ3) is 6.01. The van der Waals surface area contributed by atoms with Crippen LogP contribution in [0, 0.1) is 5.92 Å². The predicted molar refractivity (Wildman–Crippen MR) is 115 cm³/mol. The van der Waals surface area contributed by atoms with E-state index >= 15 is 0 Å². The lowest BCUT2D eigenvalue weighted by Crippen LogP contribution is -2.47. The summed E-state index contributed by atoms with van der Waals surface area (Å²) < 4.78 is 22.2. The molecule has 0 radical (unpaired) electrons. The number of nitrogens with zero attached hydrogens (tertiary/aromatic N) is 1. The monoisotopic (exact) mass is 420 g/mol. The van der Waals surface area contributed by atoms with Gasteiger partial charge in [0.1, 0.15) is 0 Å². The van der Waals surface area contributed by atoms with Crippen LogP contribution in [-0.4, -0.2) is 70.5 Å². The van der Waals surface area contributed by atoms with Crippen molar-refractivity contribution < 1.29 is 23.7 Å². The van der Waals surface area contributed by atoms with E-state index in [-0.39, 0.29) is 24.0 Å². The zero-order valence-electron chi connectivity index (χ0n) is 18.5. The minimum atomic E-state index is 0.0885. The van der Waals surface area contributed by atoms with Crippen LogP contribution < -0.4 is 19.5 Å².